The van der Waals surface area contributed by atoms with Gasteiger partial charge in [0.1, 0.15) is 17.8 Å². The first-order valence-electron chi connectivity index (χ1n) is 5.33. The number of hydrogen-bond acceptors (Lipinski definition) is 5. The van der Waals surface area contributed by atoms with E-state index in [0.29, 0.717) is 6.42 Å². The van der Waals surface area contributed by atoms with Gasteiger partial charge in [0.2, 0.25) is 0 Å². The van der Waals surface area contributed by atoms with Crippen molar-refractivity contribution in [1.29, 1.82) is 0 Å². The fourth-order valence-electron chi connectivity index (χ4n) is 1.79. The molecule has 2 heterocycles. The number of nitrogens with zero attached hydrogens (tertiary/aromatic N) is 2. The molecule has 0 bridgehead atoms. The van der Waals surface area contributed by atoms with Crippen molar-refractivity contribution in [2.45, 2.75) is 20.3 Å². The Morgan fingerprint density at radius 3 is 2.88 bits per heavy atom. The molecule has 17 heavy (non-hydrogen) atoms. The number of Topliss-reactive ketones (excluding diaryl/α,β-unsaturated/α-hetero) is 1. The molecule has 0 unspecified atom stereocenters. The van der Waals surface area contributed by atoms with Gasteiger partial charge >= 0.3 is 0 Å². The zero-order chi connectivity index (χ0) is 12.4. The van der Waals surface area contributed by atoms with Crippen LogP contribution >= 0.6 is 11.3 Å². The van der Waals surface area contributed by atoms with E-state index in [1.54, 1.807) is 11.3 Å². The molecule has 0 spiro atoms. The van der Waals surface area contributed by atoms with Crippen LogP contribution in [0.15, 0.2) is 6.33 Å². The van der Waals surface area contributed by atoms with E-state index in [9.17, 15) is 4.79 Å². The van der Waals surface area contributed by atoms with E-state index in [-0.39, 0.29) is 12.4 Å². The maximum absolute atomic E-state index is 11.6. The molecule has 0 aliphatic carbocycles. The number of hydrogen-bond donors (Lipinski definition) is 0. The average Bonchev–Trinajstić information content (AvgIpc) is 2.56. The summed E-state index contributed by atoms with van der Waals surface area (Å²) in [6.07, 6.45) is 1.83. The smallest absolute Gasteiger partial charge is 0.164 e. The number of aryl methyl sites for hydroxylation is 2. The van der Waals surface area contributed by atoms with Crippen LogP contribution in [0.3, 0.4) is 0 Å². The highest BCUT2D eigenvalue weighted by molar-refractivity contribution is 7.18. The number of fused-ring (bicyclic) bond motifs is 1. The number of methoxy groups -OCH3 is 1. The van der Waals surface area contributed by atoms with Crippen molar-refractivity contribution in [3.05, 3.63) is 22.5 Å². The molecule has 0 saturated heterocycles. The first kappa shape index (κ1) is 12.1. The van der Waals surface area contributed by atoms with Gasteiger partial charge in [0.15, 0.2) is 5.78 Å². The Morgan fingerprint density at radius 1 is 1.41 bits per heavy atom. The summed E-state index contributed by atoms with van der Waals surface area (Å²) in [7, 11) is 1.52. The zero-order valence-corrected chi connectivity index (χ0v) is 10.9. The van der Waals surface area contributed by atoms with E-state index in [4.69, 9.17) is 4.74 Å². The summed E-state index contributed by atoms with van der Waals surface area (Å²) < 4.78 is 4.83. The summed E-state index contributed by atoms with van der Waals surface area (Å²) in [6, 6.07) is 0. The summed E-state index contributed by atoms with van der Waals surface area (Å²) >= 11 is 1.64. The number of aromatic nitrogens is 2. The maximum atomic E-state index is 11.6. The normalized spacial score (nSPS) is 11.0. The maximum Gasteiger partial charge on any atom is 0.164 e. The molecular weight excluding hydrogens is 236 g/mol. The summed E-state index contributed by atoms with van der Waals surface area (Å²) in [5, 5.41) is 1.03. The highest BCUT2D eigenvalue weighted by Gasteiger charge is 2.14. The van der Waals surface area contributed by atoms with Crippen LogP contribution < -0.4 is 0 Å². The van der Waals surface area contributed by atoms with Crippen molar-refractivity contribution in [1.82, 2.24) is 9.97 Å². The lowest BCUT2D eigenvalue weighted by Crippen LogP contribution is -2.11. The van der Waals surface area contributed by atoms with Crippen molar-refractivity contribution in [2.24, 2.45) is 0 Å². The molecule has 2 aromatic heterocycles. The first-order valence-corrected chi connectivity index (χ1v) is 6.15. The van der Waals surface area contributed by atoms with E-state index in [0.717, 1.165) is 15.9 Å². The largest absolute Gasteiger partial charge is 0.377 e. The van der Waals surface area contributed by atoms with Gasteiger partial charge in [0.05, 0.1) is 12.1 Å². The summed E-state index contributed by atoms with van der Waals surface area (Å²) in [4.78, 5) is 22.2. The van der Waals surface area contributed by atoms with Crippen LogP contribution in [0.2, 0.25) is 0 Å². The molecule has 0 radical (unpaired) electrons. The predicted octanol–water partition coefficient (Wildman–Crippen LogP) is 2.07. The van der Waals surface area contributed by atoms with Gasteiger partial charge in [-0.05, 0) is 19.4 Å². The predicted molar refractivity (Wildman–Crippen MR) is 67.5 cm³/mol. The van der Waals surface area contributed by atoms with Gasteiger partial charge in [-0.3, -0.25) is 4.79 Å². The Morgan fingerprint density at radius 2 is 2.18 bits per heavy atom. The molecule has 2 rings (SSSR count). The molecule has 2 aromatic rings. The van der Waals surface area contributed by atoms with Crippen LogP contribution in [-0.2, 0) is 16.0 Å². The SMILES string of the molecule is COCC(=O)Cc1ncnc2sc(C)c(C)c12. The molecular formula is C12H14N2O2S. The number of carbonyl (C=O) groups excluding carboxylic acids is 1. The van der Waals surface area contributed by atoms with Crippen molar-refractivity contribution >= 4 is 27.3 Å². The van der Waals surface area contributed by atoms with Gasteiger partial charge < -0.3 is 4.74 Å². The second-order valence-corrected chi connectivity index (χ2v) is 5.14. The number of thiophene rings is 1. The van der Waals surface area contributed by atoms with Crippen LogP contribution in [0.1, 0.15) is 16.1 Å². The fourth-order valence-corrected chi connectivity index (χ4v) is 2.81. The highest BCUT2D eigenvalue weighted by atomic mass is 32.1. The third kappa shape index (κ3) is 2.35. The third-order valence-electron chi connectivity index (χ3n) is 2.71. The molecule has 0 aliphatic heterocycles. The van der Waals surface area contributed by atoms with Gasteiger partial charge in [-0.1, -0.05) is 0 Å². The van der Waals surface area contributed by atoms with Gasteiger partial charge in [-0.25, -0.2) is 9.97 Å². The number of carbonyl (C=O) groups is 1. The number of ether oxygens (including phenoxy) is 1. The first-order chi connectivity index (χ1) is 8.13. The van der Waals surface area contributed by atoms with E-state index < -0.39 is 0 Å². The van der Waals surface area contributed by atoms with Gasteiger partial charge in [-0.2, -0.15) is 0 Å². The van der Waals surface area contributed by atoms with Crippen molar-refractivity contribution < 1.29 is 9.53 Å². The second kappa shape index (κ2) is 4.89. The summed E-state index contributed by atoms with van der Waals surface area (Å²) in [5.41, 5.74) is 1.98. The molecule has 90 valence electrons. The molecule has 0 amide bonds. The van der Waals surface area contributed by atoms with E-state index in [1.165, 1.54) is 23.9 Å². The Balaban J connectivity index is 2.43. The minimum Gasteiger partial charge on any atom is -0.377 e. The van der Waals surface area contributed by atoms with Crippen LogP contribution in [0.25, 0.3) is 10.2 Å². The Kier molecular flexibility index (Phi) is 3.49. The summed E-state index contributed by atoms with van der Waals surface area (Å²) in [5.74, 6) is 0.0377. The Labute approximate surface area is 104 Å². The Bertz CT molecular complexity index is 563. The minimum absolute atomic E-state index is 0.0377. The monoisotopic (exact) mass is 250 g/mol. The van der Waals surface area contributed by atoms with Crippen molar-refractivity contribution in [3.8, 4) is 0 Å². The molecule has 0 fully saturated rings. The van der Waals surface area contributed by atoms with Crippen molar-refractivity contribution in [3.63, 3.8) is 0 Å². The van der Waals surface area contributed by atoms with Crippen LogP contribution in [0.4, 0.5) is 0 Å². The zero-order valence-electron chi connectivity index (χ0n) is 10.1. The molecule has 5 heteroatoms. The number of rotatable bonds is 4. The quantitative estimate of drug-likeness (QED) is 0.833. The molecule has 4 nitrogen and oxygen atoms in total. The van der Waals surface area contributed by atoms with Crippen LogP contribution in [0.5, 0.6) is 0 Å². The van der Waals surface area contributed by atoms with Crippen LogP contribution in [-0.4, -0.2) is 29.5 Å². The topological polar surface area (TPSA) is 52.1 Å². The van der Waals surface area contributed by atoms with Gasteiger partial charge in [0, 0.05) is 17.4 Å². The van der Waals surface area contributed by atoms with E-state index >= 15 is 0 Å². The van der Waals surface area contributed by atoms with Crippen molar-refractivity contribution in [2.75, 3.05) is 13.7 Å². The van der Waals surface area contributed by atoms with Gasteiger partial charge in [0.25, 0.3) is 0 Å². The fraction of sp³-hybridized carbons (Fsp3) is 0.417. The average molecular weight is 250 g/mol. The Hall–Kier alpha value is -1.33. The third-order valence-corrected chi connectivity index (χ3v) is 3.83. The highest BCUT2D eigenvalue weighted by Crippen LogP contribution is 2.30. The molecule has 0 aliphatic rings. The molecule has 0 N–H and O–H groups in total. The van der Waals surface area contributed by atoms with Gasteiger partial charge in [-0.15, -0.1) is 11.3 Å². The lowest BCUT2D eigenvalue weighted by molar-refractivity contribution is -0.122. The van der Waals surface area contributed by atoms with E-state index in [1.807, 2.05) is 6.92 Å². The molecule has 0 saturated carbocycles. The summed E-state index contributed by atoms with van der Waals surface area (Å²) in [6.45, 7) is 4.23. The minimum atomic E-state index is 0.0377. The lowest BCUT2D eigenvalue weighted by Gasteiger charge is -2.02. The second-order valence-electron chi connectivity index (χ2n) is 3.93. The lowest BCUT2D eigenvalue weighted by atomic mass is 10.1. The molecule has 0 atom stereocenters. The number of ketones is 1. The van der Waals surface area contributed by atoms with E-state index in [2.05, 4.69) is 16.9 Å². The molecule has 0 aromatic carbocycles. The standard InChI is InChI=1S/C12H14N2O2S/c1-7-8(2)17-12-11(7)10(13-6-14-12)4-9(15)5-16-3/h6H,4-5H2,1-3H3. The van der Waals surface area contributed by atoms with Crippen LogP contribution in [0, 0.1) is 13.8 Å².